The first-order valence-corrected chi connectivity index (χ1v) is 8.38. The summed E-state index contributed by atoms with van der Waals surface area (Å²) in [5.41, 5.74) is 4.34. The van der Waals surface area contributed by atoms with Crippen LogP contribution in [-0.2, 0) is 16.2 Å². The molecule has 1 unspecified atom stereocenters. The van der Waals surface area contributed by atoms with Crippen molar-refractivity contribution in [3.05, 3.63) is 59.2 Å². The monoisotopic (exact) mass is 338 g/mol. The molecular formula is C20H22N2O3. The first-order valence-electron chi connectivity index (χ1n) is 8.38. The van der Waals surface area contributed by atoms with E-state index >= 15 is 0 Å². The van der Waals surface area contributed by atoms with E-state index in [-0.39, 0.29) is 18.4 Å². The molecule has 1 aliphatic rings. The Bertz CT molecular complexity index is 796. The van der Waals surface area contributed by atoms with Crippen molar-refractivity contribution in [3.8, 4) is 0 Å². The Kier molecular flexibility index (Phi) is 4.86. The normalized spacial score (nSPS) is 17.0. The van der Waals surface area contributed by atoms with Gasteiger partial charge in [0.1, 0.15) is 5.92 Å². The molecule has 1 atom stereocenters. The van der Waals surface area contributed by atoms with E-state index in [0.29, 0.717) is 24.2 Å². The molecule has 0 radical (unpaired) electrons. The van der Waals surface area contributed by atoms with Crippen LogP contribution in [0.15, 0.2) is 42.5 Å². The number of carbonyl (C=O) groups is 2. The maximum Gasteiger partial charge on any atom is 0.239 e. The smallest absolute Gasteiger partial charge is 0.239 e. The fourth-order valence-corrected chi connectivity index (χ4v) is 3.26. The summed E-state index contributed by atoms with van der Waals surface area (Å²) in [7, 11) is 0. The van der Waals surface area contributed by atoms with Gasteiger partial charge in [0.25, 0.3) is 0 Å². The van der Waals surface area contributed by atoms with Crippen molar-refractivity contribution >= 4 is 23.2 Å². The molecule has 0 saturated carbocycles. The van der Waals surface area contributed by atoms with Crippen LogP contribution in [0.3, 0.4) is 0 Å². The summed E-state index contributed by atoms with van der Waals surface area (Å²) in [4.78, 5) is 26.9. The van der Waals surface area contributed by atoms with Gasteiger partial charge in [0.15, 0.2) is 0 Å². The van der Waals surface area contributed by atoms with Crippen molar-refractivity contribution < 1.29 is 14.7 Å². The molecule has 2 N–H and O–H groups in total. The molecule has 2 aromatic rings. The van der Waals surface area contributed by atoms with Crippen LogP contribution in [0.5, 0.6) is 0 Å². The highest BCUT2D eigenvalue weighted by Gasteiger charge is 2.37. The number of nitrogens with zero attached hydrogens (tertiary/aromatic N) is 1. The molecule has 0 aliphatic carbocycles. The van der Waals surface area contributed by atoms with E-state index in [1.165, 1.54) is 0 Å². The molecule has 1 fully saturated rings. The molecule has 0 bridgehead atoms. The van der Waals surface area contributed by atoms with Crippen molar-refractivity contribution in [2.45, 2.75) is 26.9 Å². The highest BCUT2D eigenvalue weighted by Crippen LogP contribution is 2.28. The van der Waals surface area contributed by atoms with Crippen LogP contribution in [0, 0.1) is 19.8 Å². The molecule has 130 valence electrons. The Morgan fingerprint density at radius 2 is 1.92 bits per heavy atom. The number of aryl methyl sites for hydroxylation is 2. The van der Waals surface area contributed by atoms with Crippen LogP contribution >= 0.6 is 0 Å². The highest BCUT2D eigenvalue weighted by molar-refractivity contribution is 6.13. The molecule has 1 saturated heterocycles. The zero-order valence-corrected chi connectivity index (χ0v) is 14.5. The van der Waals surface area contributed by atoms with Gasteiger partial charge in [-0.2, -0.15) is 0 Å². The zero-order chi connectivity index (χ0) is 18.0. The Hall–Kier alpha value is -2.66. The van der Waals surface area contributed by atoms with E-state index in [4.69, 9.17) is 0 Å². The molecule has 5 nitrogen and oxygen atoms in total. The number of aliphatic hydroxyl groups excluding tert-OH is 1. The highest BCUT2D eigenvalue weighted by atomic mass is 16.3. The van der Waals surface area contributed by atoms with E-state index in [0.717, 1.165) is 16.8 Å². The summed E-state index contributed by atoms with van der Waals surface area (Å²) in [5, 5.41) is 12.0. The molecule has 1 aliphatic heterocycles. The Labute approximate surface area is 147 Å². The predicted molar refractivity (Wildman–Crippen MR) is 97.4 cm³/mol. The van der Waals surface area contributed by atoms with Crippen molar-refractivity contribution in [1.29, 1.82) is 0 Å². The molecule has 3 rings (SSSR count). The van der Waals surface area contributed by atoms with Gasteiger partial charge >= 0.3 is 0 Å². The second kappa shape index (κ2) is 7.07. The number of hydrogen-bond donors (Lipinski definition) is 2. The van der Waals surface area contributed by atoms with E-state index in [2.05, 4.69) is 11.4 Å². The summed E-state index contributed by atoms with van der Waals surface area (Å²) in [6.07, 6.45) is 0.497. The van der Waals surface area contributed by atoms with Crippen molar-refractivity contribution in [1.82, 2.24) is 0 Å². The van der Waals surface area contributed by atoms with Crippen LogP contribution in [0.4, 0.5) is 11.4 Å². The number of benzene rings is 2. The van der Waals surface area contributed by atoms with Gasteiger partial charge in [0, 0.05) is 17.9 Å². The molecule has 1 heterocycles. The summed E-state index contributed by atoms with van der Waals surface area (Å²) in [6.45, 7) is 4.44. The Morgan fingerprint density at radius 3 is 2.60 bits per heavy atom. The quantitative estimate of drug-likeness (QED) is 0.842. The molecular weight excluding hydrogens is 316 g/mol. The second-order valence-corrected chi connectivity index (χ2v) is 6.52. The van der Waals surface area contributed by atoms with Crippen molar-refractivity contribution in [3.63, 3.8) is 0 Å². The topological polar surface area (TPSA) is 69.6 Å². The fraction of sp³-hybridized carbons (Fsp3) is 0.300. The van der Waals surface area contributed by atoms with Gasteiger partial charge in [-0.25, -0.2) is 0 Å². The summed E-state index contributed by atoms with van der Waals surface area (Å²) in [5.74, 6) is -1.15. The number of amides is 2. The molecule has 0 aromatic heterocycles. The van der Waals surface area contributed by atoms with Crippen molar-refractivity contribution in [2.24, 2.45) is 5.92 Å². The number of hydrogen-bond acceptors (Lipinski definition) is 3. The van der Waals surface area contributed by atoms with E-state index in [1.807, 2.05) is 26.0 Å². The lowest BCUT2D eigenvalue weighted by Gasteiger charge is -2.18. The average Bonchev–Trinajstić information content (AvgIpc) is 2.96. The largest absolute Gasteiger partial charge is 0.392 e. The summed E-state index contributed by atoms with van der Waals surface area (Å²) >= 11 is 0. The van der Waals surface area contributed by atoms with Crippen LogP contribution in [0.25, 0.3) is 0 Å². The molecule has 25 heavy (non-hydrogen) atoms. The predicted octanol–water partition coefficient (Wildman–Crippen LogP) is 2.79. The van der Waals surface area contributed by atoms with E-state index < -0.39 is 5.92 Å². The molecule has 5 heteroatoms. The lowest BCUT2D eigenvalue weighted by molar-refractivity contribution is -0.129. The third-order valence-electron chi connectivity index (χ3n) is 4.42. The minimum absolute atomic E-state index is 0.0907. The summed E-state index contributed by atoms with van der Waals surface area (Å²) in [6, 6.07) is 13.0. The maximum absolute atomic E-state index is 12.7. The molecule has 0 spiro atoms. The zero-order valence-electron chi connectivity index (χ0n) is 14.5. The number of rotatable bonds is 4. The maximum atomic E-state index is 12.7. The first-order chi connectivity index (χ1) is 12.0. The lowest BCUT2D eigenvalue weighted by atomic mass is 10.1. The van der Waals surface area contributed by atoms with Gasteiger partial charge in [-0.15, -0.1) is 0 Å². The number of aliphatic hydroxyl groups is 1. The standard InChI is InChI=1S/C20H22N2O3/c1-13-8-14(2)10-17(9-13)22-7-6-18(20(22)25)19(24)21-16-5-3-4-15(11-16)12-23/h3-5,8-11,18,23H,6-7,12H2,1-2H3,(H,21,24). The average molecular weight is 338 g/mol. The van der Waals surface area contributed by atoms with Gasteiger partial charge in [0.05, 0.1) is 6.61 Å². The third kappa shape index (κ3) is 3.72. The summed E-state index contributed by atoms with van der Waals surface area (Å²) < 4.78 is 0. The number of nitrogens with one attached hydrogen (secondary N) is 1. The van der Waals surface area contributed by atoms with Crippen LogP contribution in [-0.4, -0.2) is 23.5 Å². The van der Waals surface area contributed by atoms with Gasteiger partial charge < -0.3 is 15.3 Å². The second-order valence-electron chi connectivity index (χ2n) is 6.52. The minimum atomic E-state index is -0.682. The third-order valence-corrected chi connectivity index (χ3v) is 4.42. The Balaban J connectivity index is 1.73. The van der Waals surface area contributed by atoms with Crippen molar-refractivity contribution in [2.75, 3.05) is 16.8 Å². The van der Waals surface area contributed by atoms with Crippen LogP contribution in [0.2, 0.25) is 0 Å². The molecule has 2 amide bonds. The Morgan fingerprint density at radius 1 is 1.20 bits per heavy atom. The lowest BCUT2D eigenvalue weighted by Crippen LogP contribution is -2.33. The molecule has 2 aromatic carbocycles. The SMILES string of the molecule is Cc1cc(C)cc(N2CCC(C(=O)Nc3cccc(CO)c3)C2=O)c1. The van der Waals surface area contributed by atoms with Crippen LogP contribution in [0.1, 0.15) is 23.1 Å². The van der Waals surface area contributed by atoms with E-state index in [1.54, 1.807) is 29.2 Å². The number of anilines is 2. The van der Waals surface area contributed by atoms with E-state index in [9.17, 15) is 14.7 Å². The first kappa shape index (κ1) is 17.2. The van der Waals surface area contributed by atoms with Gasteiger partial charge in [-0.1, -0.05) is 18.2 Å². The van der Waals surface area contributed by atoms with Crippen LogP contribution < -0.4 is 10.2 Å². The van der Waals surface area contributed by atoms with Gasteiger partial charge in [0.2, 0.25) is 11.8 Å². The van der Waals surface area contributed by atoms with Gasteiger partial charge in [-0.05, 0) is 61.2 Å². The minimum Gasteiger partial charge on any atom is -0.392 e. The van der Waals surface area contributed by atoms with Gasteiger partial charge in [-0.3, -0.25) is 9.59 Å². The fourth-order valence-electron chi connectivity index (χ4n) is 3.26. The number of carbonyl (C=O) groups excluding carboxylic acids is 2.